The van der Waals surface area contributed by atoms with Crippen LogP contribution in [0.5, 0.6) is 5.75 Å². The molecule has 0 saturated heterocycles. The maximum atomic E-state index is 5.69. The van der Waals surface area contributed by atoms with E-state index in [1.54, 1.807) is 12.3 Å². The molecule has 0 saturated carbocycles. The predicted molar refractivity (Wildman–Crippen MR) is 67.5 cm³/mol. The SMILES string of the molecule is CCCCC(CC)COc1ccc(N)nc1. The number of nitrogens with zero attached hydrogens (tertiary/aromatic N) is 1. The van der Waals surface area contributed by atoms with E-state index in [1.807, 2.05) is 6.07 Å². The topological polar surface area (TPSA) is 48.1 Å². The van der Waals surface area contributed by atoms with Crippen LogP contribution in [0.1, 0.15) is 39.5 Å². The van der Waals surface area contributed by atoms with E-state index in [4.69, 9.17) is 10.5 Å². The molecular weight excluding hydrogens is 200 g/mol. The normalized spacial score (nSPS) is 12.4. The number of rotatable bonds is 7. The van der Waals surface area contributed by atoms with Crippen molar-refractivity contribution in [3.05, 3.63) is 18.3 Å². The van der Waals surface area contributed by atoms with Crippen LogP contribution < -0.4 is 10.5 Å². The summed E-state index contributed by atoms with van der Waals surface area (Å²) in [5.41, 5.74) is 5.51. The molecule has 0 fully saturated rings. The second kappa shape index (κ2) is 7.09. The van der Waals surface area contributed by atoms with E-state index in [9.17, 15) is 0 Å². The van der Waals surface area contributed by atoms with Gasteiger partial charge in [0, 0.05) is 0 Å². The van der Waals surface area contributed by atoms with Crippen molar-refractivity contribution in [1.29, 1.82) is 0 Å². The summed E-state index contributed by atoms with van der Waals surface area (Å²) in [5, 5.41) is 0. The Hall–Kier alpha value is -1.25. The van der Waals surface area contributed by atoms with Crippen LogP contribution in [0, 0.1) is 5.92 Å². The lowest BCUT2D eigenvalue weighted by molar-refractivity contribution is 0.232. The van der Waals surface area contributed by atoms with Crippen molar-refractivity contribution in [3.63, 3.8) is 0 Å². The first-order valence-corrected chi connectivity index (χ1v) is 6.10. The van der Waals surface area contributed by atoms with E-state index >= 15 is 0 Å². The number of nitrogens with two attached hydrogens (primary N) is 1. The monoisotopic (exact) mass is 222 g/mol. The van der Waals surface area contributed by atoms with Crippen LogP contribution in [-0.4, -0.2) is 11.6 Å². The van der Waals surface area contributed by atoms with Gasteiger partial charge in [0.2, 0.25) is 0 Å². The molecule has 1 rings (SSSR count). The highest BCUT2D eigenvalue weighted by atomic mass is 16.5. The molecule has 1 heterocycles. The van der Waals surface area contributed by atoms with Crippen molar-refractivity contribution in [2.24, 2.45) is 5.92 Å². The molecule has 0 amide bonds. The number of hydrogen-bond acceptors (Lipinski definition) is 3. The molecule has 1 aromatic rings. The van der Waals surface area contributed by atoms with Crippen LogP contribution in [-0.2, 0) is 0 Å². The lowest BCUT2D eigenvalue weighted by Gasteiger charge is -2.15. The van der Waals surface area contributed by atoms with Gasteiger partial charge in [0.1, 0.15) is 11.6 Å². The van der Waals surface area contributed by atoms with E-state index in [1.165, 1.54) is 25.7 Å². The van der Waals surface area contributed by atoms with Gasteiger partial charge in [0.15, 0.2) is 0 Å². The number of hydrogen-bond donors (Lipinski definition) is 1. The highest BCUT2D eigenvalue weighted by Crippen LogP contribution is 2.16. The fraction of sp³-hybridized carbons (Fsp3) is 0.615. The minimum Gasteiger partial charge on any atom is -0.492 e. The third-order valence-electron chi connectivity index (χ3n) is 2.79. The molecule has 3 heteroatoms. The van der Waals surface area contributed by atoms with Gasteiger partial charge in [-0.25, -0.2) is 4.98 Å². The molecule has 0 aliphatic carbocycles. The summed E-state index contributed by atoms with van der Waals surface area (Å²) in [6.07, 6.45) is 6.63. The molecule has 0 spiro atoms. The average Bonchev–Trinajstić information content (AvgIpc) is 2.32. The van der Waals surface area contributed by atoms with Crippen molar-refractivity contribution in [2.45, 2.75) is 39.5 Å². The standard InChI is InChI=1S/C13H22N2O/c1-3-5-6-11(4-2)10-16-12-7-8-13(14)15-9-12/h7-9,11H,3-6,10H2,1-2H3,(H2,14,15). The minimum absolute atomic E-state index is 0.533. The minimum atomic E-state index is 0.533. The summed E-state index contributed by atoms with van der Waals surface area (Å²) in [5.74, 6) is 1.99. The van der Waals surface area contributed by atoms with Gasteiger partial charge in [-0.05, 0) is 24.5 Å². The molecule has 0 bridgehead atoms. The first-order chi connectivity index (χ1) is 7.76. The largest absolute Gasteiger partial charge is 0.492 e. The highest BCUT2D eigenvalue weighted by molar-refractivity contribution is 5.32. The van der Waals surface area contributed by atoms with Gasteiger partial charge < -0.3 is 10.5 Å². The first-order valence-electron chi connectivity index (χ1n) is 6.10. The van der Waals surface area contributed by atoms with Gasteiger partial charge in [-0.2, -0.15) is 0 Å². The van der Waals surface area contributed by atoms with E-state index < -0.39 is 0 Å². The van der Waals surface area contributed by atoms with Crippen molar-refractivity contribution in [3.8, 4) is 5.75 Å². The Morgan fingerprint density at radius 1 is 1.38 bits per heavy atom. The molecule has 1 atom stereocenters. The fourth-order valence-corrected chi connectivity index (χ4v) is 1.59. The smallest absolute Gasteiger partial charge is 0.137 e. The van der Waals surface area contributed by atoms with E-state index in [0.717, 1.165) is 12.4 Å². The van der Waals surface area contributed by atoms with Gasteiger partial charge in [-0.3, -0.25) is 0 Å². The Bertz CT molecular complexity index is 284. The molecule has 0 radical (unpaired) electrons. The number of nitrogen functional groups attached to an aromatic ring is 1. The van der Waals surface area contributed by atoms with Crippen molar-refractivity contribution < 1.29 is 4.74 Å². The zero-order chi connectivity index (χ0) is 11.8. The van der Waals surface area contributed by atoms with Crippen molar-refractivity contribution in [2.75, 3.05) is 12.3 Å². The summed E-state index contributed by atoms with van der Waals surface area (Å²) in [4.78, 5) is 4.00. The quantitative estimate of drug-likeness (QED) is 0.770. The van der Waals surface area contributed by atoms with Crippen LogP contribution in [0.15, 0.2) is 18.3 Å². The fourth-order valence-electron chi connectivity index (χ4n) is 1.59. The zero-order valence-corrected chi connectivity index (χ0v) is 10.3. The third-order valence-corrected chi connectivity index (χ3v) is 2.79. The van der Waals surface area contributed by atoms with Crippen LogP contribution in [0.4, 0.5) is 5.82 Å². The van der Waals surface area contributed by atoms with Gasteiger partial charge in [-0.1, -0.05) is 33.1 Å². The number of anilines is 1. The third kappa shape index (κ3) is 4.51. The molecule has 90 valence electrons. The van der Waals surface area contributed by atoms with E-state index in [0.29, 0.717) is 11.7 Å². The molecule has 3 nitrogen and oxygen atoms in total. The summed E-state index contributed by atoms with van der Waals surface area (Å²) < 4.78 is 5.69. The lowest BCUT2D eigenvalue weighted by Crippen LogP contribution is -2.11. The molecule has 1 unspecified atom stereocenters. The molecule has 0 aliphatic rings. The Morgan fingerprint density at radius 3 is 2.75 bits per heavy atom. The van der Waals surface area contributed by atoms with Crippen LogP contribution in [0.2, 0.25) is 0 Å². The highest BCUT2D eigenvalue weighted by Gasteiger charge is 2.06. The number of pyridine rings is 1. The molecule has 1 aromatic heterocycles. The summed E-state index contributed by atoms with van der Waals surface area (Å²) in [7, 11) is 0. The van der Waals surface area contributed by atoms with Gasteiger partial charge in [0.05, 0.1) is 12.8 Å². The number of ether oxygens (including phenoxy) is 1. The van der Waals surface area contributed by atoms with Crippen molar-refractivity contribution in [1.82, 2.24) is 4.98 Å². The Balaban J connectivity index is 2.34. The average molecular weight is 222 g/mol. The molecular formula is C13H22N2O. The number of unbranched alkanes of at least 4 members (excludes halogenated alkanes) is 1. The van der Waals surface area contributed by atoms with Crippen LogP contribution in [0.3, 0.4) is 0 Å². The molecule has 2 N–H and O–H groups in total. The van der Waals surface area contributed by atoms with E-state index in [-0.39, 0.29) is 0 Å². The molecule has 0 aliphatic heterocycles. The van der Waals surface area contributed by atoms with Crippen molar-refractivity contribution >= 4 is 5.82 Å². The zero-order valence-electron chi connectivity index (χ0n) is 10.3. The second-order valence-corrected chi connectivity index (χ2v) is 4.15. The number of aromatic nitrogens is 1. The Kier molecular flexibility index (Phi) is 5.68. The molecule has 16 heavy (non-hydrogen) atoms. The summed E-state index contributed by atoms with van der Waals surface area (Å²) in [6.45, 7) is 5.21. The maximum absolute atomic E-state index is 5.69. The van der Waals surface area contributed by atoms with Gasteiger partial charge in [0.25, 0.3) is 0 Å². The van der Waals surface area contributed by atoms with Gasteiger partial charge in [-0.15, -0.1) is 0 Å². The Morgan fingerprint density at radius 2 is 2.19 bits per heavy atom. The maximum Gasteiger partial charge on any atom is 0.137 e. The van der Waals surface area contributed by atoms with Crippen LogP contribution >= 0.6 is 0 Å². The van der Waals surface area contributed by atoms with E-state index in [2.05, 4.69) is 18.8 Å². The first kappa shape index (κ1) is 12.8. The molecule has 0 aromatic carbocycles. The summed E-state index contributed by atoms with van der Waals surface area (Å²) in [6, 6.07) is 3.64. The Labute approximate surface area is 98.0 Å². The lowest BCUT2D eigenvalue weighted by atomic mass is 10.0. The second-order valence-electron chi connectivity index (χ2n) is 4.15. The summed E-state index contributed by atoms with van der Waals surface area (Å²) >= 11 is 0. The van der Waals surface area contributed by atoms with Gasteiger partial charge >= 0.3 is 0 Å². The predicted octanol–water partition coefficient (Wildman–Crippen LogP) is 3.26. The van der Waals surface area contributed by atoms with Crippen LogP contribution in [0.25, 0.3) is 0 Å².